The molecule has 0 atom stereocenters. The van der Waals surface area contributed by atoms with E-state index < -0.39 is 0 Å². The van der Waals surface area contributed by atoms with Gasteiger partial charge in [-0.05, 0) is 24.6 Å². The van der Waals surface area contributed by atoms with E-state index in [0.717, 1.165) is 5.75 Å². The summed E-state index contributed by atoms with van der Waals surface area (Å²) in [7, 11) is 1.73. The molecule has 1 heterocycles. The molecule has 26 heavy (non-hydrogen) atoms. The Hall–Kier alpha value is -2.60. The Balaban J connectivity index is 1.57. The van der Waals surface area contributed by atoms with Crippen molar-refractivity contribution >= 4 is 28.6 Å². The first-order valence-corrected chi connectivity index (χ1v) is 9.53. The molecular formula is C20H21N3O2S. The van der Waals surface area contributed by atoms with Crippen molar-refractivity contribution in [2.24, 2.45) is 0 Å². The number of para-hydroxylation sites is 1. The molecule has 0 radical (unpaired) electrons. The van der Waals surface area contributed by atoms with Gasteiger partial charge in [0.2, 0.25) is 5.91 Å². The molecule has 0 aliphatic carbocycles. The number of nitrogens with one attached hydrogen (secondary N) is 1. The molecule has 0 spiro atoms. The minimum Gasteiger partial charge on any atom is -0.338 e. The van der Waals surface area contributed by atoms with E-state index in [9.17, 15) is 9.59 Å². The van der Waals surface area contributed by atoms with E-state index in [4.69, 9.17) is 0 Å². The summed E-state index contributed by atoms with van der Waals surface area (Å²) in [6.07, 6.45) is 0. The fourth-order valence-electron chi connectivity index (χ4n) is 2.57. The number of rotatable bonds is 6. The summed E-state index contributed by atoms with van der Waals surface area (Å²) in [6, 6.07) is 15.5. The van der Waals surface area contributed by atoms with E-state index in [2.05, 4.69) is 41.2 Å². The summed E-state index contributed by atoms with van der Waals surface area (Å²) < 4.78 is 0. The van der Waals surface area contributed by atoms with Gasteiger partial charge in [0, 0.05) is 12.8 Å². The number of aromatic amines is 1. The molecule has 6 heteroatoms. The molecular weight excluding hydrogens is 346 g/mol. The molecule has 1 amide bonds. The fraction of sp³-hybridized carbons (Fsp3) is 0.250. The number of aromatic nitrogens is 2. The SMILES string of the molecule is Cc1ccc(CSCC(=O)N(C)Cc2nc3ccccc3c(=O)[nH]2)cc1. The Labute approximate surface area is 156 Å². The zero-order valence-electron chi connectivity index (χ0n) is 14.9. The van der Waals surface area contributed by atoms with Crippen LogP contribution in [0.1, 0.15) is 17.0 Å². The van der Waals surface area contributed by atoms with Gasteiger partial charge in [-0.15, -0.1) is 11.8 Å². The Kier molecular flexibility index (Phi) is 5.73. The maximum atomic E-state index is 12.3. The smallest absolute Gasteiger partial charge is 0.258 e. The molecule has 2 aromatic carbocycles. The van der Waals surface area contributed by atoms with Crippen LogP contribution in [-0.2, 0) is 17.1 Å². The predicted octanol–water partition coefficient (Wildman–Crippen LogP) is 3.12. The number of hydrogen-bond donors (Lipinski definition) is 1. The standard InChI is InChI=1S/C20H21N3O2S/c1-14-7-9-15(10-8-14)12-26-13-19(24)23(2)11-18-21-17-6-4-3-5-16(17)20(25)22-18/h3-10H,11-13H2,1-2H3,(H,21,22,25). The van der Waals surface area contributed by atoms with Crippen molar-refractivity contribution in [2.75, 3.05) is 12.8 Å². The number of carbonyl (C=O) groups is 1. The van der Waals surface area contributed by atoms with Crippen LogP contribution in [0.5, 0.6) is 0 Å². The fourth-order valence-corrected chi connectivity index (χ4v) is 3.50. The zero-order valence-corrected chi connectivity index (χ0v) is 15.7. The van der Waals surface area contributed by atoms with Gasteiger partial charge < -0.3 is 9.88 Å². The first kappa shape index (κ1) is 18.2. The number of benzene rings is 2. The van der Waals surface area contributed by atoms with Crippen LogP contribution in [0.25, 0.3) is 10.9 Å². The molecule has 1 aromatic heterocycles. The Morgan fingerprint density at radius 2 is 1.88 bits per heavy atom. The van der Waals surface area contributed by atoms with E-state index in [1.54, 1.807) is 41.9 Å². The van der Waals surface area contributed by atoms with Crippen molar-refractivity contribution in [3.05, 3.63) is 75.8 Å². The predicted molar refractivity (Wildman–Crippen MR) is 106 cm³/mol. The van der Waals surface area contributed by atoms with Crippen molar-refractivity contribution < 1.29 is 4.79 Å². The number of nitrogens with zero attached hydrogens (tertiary/aromatic N) is 2. The number of aryl methyl sites for hydroxylation is 1. The molecule has 0 aliphatic rings. The third kappa shape index (κ3) is 4.52. The van der Waals surface area contributed by atoms with Crippen LogP contribution < -0.4 is 5.56 Å². The summed E-state index contributed by atoms with van der Waals surface area (Å²) >= 11 is 1.58. The molecule has 134 valence electrons. The molecule has 3 rings (SSSR count). The third-order valence-electron chi connectivity index (χ3n) is 4.09. The second kappa shape index (κ2) is 8.19. The van der Waals surface area contributed by atoms with Crippen LogP contribution >= 0.6 is 11.8 Å². The van der Waals surface area contributed by atoms with Crippen molar-refractivity contribution in [2.45, 2.75) is 19.2 Å². The van der Waals surface area contributed by atoms with Gasteiger partial charge in [-0.1, -0.05) is 42.0 Å². The normalized spacial score (nSPS) is 10.8. The summed E-state index contributed by atoms with van der Waals surface area (Å²) in [4.78, 5) is 33.2. The Bertz CT molecular complexity index is 967. The summed E-state index contributed by atoms with van der Waals surface area (Å²) in [6.45, 7) is 2.34. The Morgan fingerprint density at radius 1 is 1.15 bits per heavy atom. The van der Waals surface area contributed by atoms with Crippen molar-refractivity contribution in [3.8, 4) is 0 Å². The van der Waals surface area contributed by atoms with Gasteiger partial charge in [0.05, 0.1) is 23.2 Å². The van der Waals surface area contributed by atoms with Gasteiger partial charge >= 0.3 is 0 Å². The molecule has 0 saturated carbocycles. The lowest BCUT2D eigenvalue weighted by molar-refractivity contribution is -0.127. The van der Waals surface area contributed by atoms with Gasteiger partial charge in [-0.3, -0.25) is 9.59 Å². The average molecular weight is 367 g/mol. The average Bonchev–Trinajstić information content (AvgIpc) is 2.63. The number of fused-ring (bicyclic) bond motifs is 1. The summed E-state index contributed by atoms with van der Waals surface area (Å²) in [5.41, 5.74) is 2.89. The van der Waals surface area contributed by atoms with Crippen LogP contribution in [0.4, 0.5) is 0 Å². The highest BCUT2D eigenvalue weighted by atomic mass is 32.2. The van der Waals surface area contributed by atoms with Crippen molar-refractivity contribution in [3.63, 3.8) is 0 Å². The maximum absolute atomic E-state index is 12.3. The molecule has 1 N–H and O–H groups in total. The minimum atomic E-state index is -0.180. The van der Waals surface area contributed by atoms with E-state index in [0.29, 0.717) is 22.5 Å². The lowest BCUT2D eigenvalue weighted by Gasteiger charge is -2.16. The lowest BCUT2D eigenvalue weighted by atomic mass is 10.2. The van der Waals surface area contributed by atoms with Gasteiger partial charge in [0.1, 0.15) is 5.82 Å². The lowest BCUT2D eigenvalue weighted by Crippen LogP contribution is -2.29. The van der Waals surface area contributed by atoms with Gasteiger partial charge in [-0.2, -0.15) is 0 Å². The highest BCUT2D eigenvalue weighted by Gasteiger charge is 2.12. The largest absolute Gasteiger partial charge is 0.338 e. The van der Waals surface area contributed by atoms with Crippen molar-refractivity contribution in [1.29, 1.82) is 0 Å². The van der Waals surface area contributed by atoms with Crippen LogP contribution in [-0.4, -0.2) is 33.6 Å². The first-order chi connectivity index (χ1) is 12.5. The highest BCUT2D eigenvalue weighted by molar-refractivity contribution is 7.99. The zero-order chi connectivity index (χ0) is 18.5. The molecule has 0 saturated heterocycles. The van der Waals surface area contributed by atoms with Gasteiger partial charge in [-0.25, -0.2) is 4.98 Å². The van der Waals surface area contributed by atoms with Crippen LogP contribution in [0.2, 0.25) is 0 Å². The van der Waals surface area contributed by atoms with E-state index in [1.165, 1.54) is 11.1 Å². The molecule has 5 nitrogen and oxygen atoms in total. The topological polar surface area (TPSA) is 66.1 Å². The van der Waals surface area contributed by atoms with Crippen LogP contribution in [0, 0.1) is 6.92 Å². The van der Waals surface area contributed by atoms with Crippen molar-refractivity contribution in [1.82, 2.24) is 14.9 Å². The second-order valence-corrected chi connectivity index (χ2v) is 7.24. The minimum absolute atomic E-state index is 0.0120. The van der Waals surface area contributed by atoms with E-state index in [1.807, 2.05) is 6.07 Å². The number of H-pyrrole nitrogens is 1. The van der Waals surface area contributed by atoms with E-state index >= 15 is 0 Å². The summed E-state index contributed by atoms with van der Waals surface area (Å²) in [5.74, 6) is 1.69. The third-order valence-corrected chi connectivity index (χ3v) is 5.08. The molecule has 3 aromatic rings. The second-order valence-electron chi connectivity index (χ2n) is 6.26. The molecule has 0 bridgehead atoms. The number of carbonyl (C=O) groups excluding carboxylic acids is 1. The van der Waals surface area contributed by atoms with Crippen LogP contribution in [0.15, 0.2) is 53.3 Å². The molecule has 0 fully saturated rings. The monoisotopic (exact) mass is 367 g/mol. The number of hydrogen-bond acceptors (Lipinski definition) is 4. The first-order valence-electron chi connectivity index (χ1n) is 8.38. The summed E-state index contributed by atoms with van der Waals surface area (Å²) in [5, 5.41) is 0.555. The number of thioether (sulfide) groups is 1. The highest BCUT2D eigenvalue weighted by Crippen LogP contribution is 2.14. The Morgan fingerprint density at radius 3 is 2.65 bits per heavy atom. The van der Waals surface area contributed by atoms with Gasteiger partial charge in [0.15, 0.2) is 0 Å². The quantitative estimate of drug-likeness (QED) is 0.727. The van der Waals surface area contributed by atoms with Gasteiger partial charge in [0.25, 0.3) is 5.56 Å². The number of amides is 1. The maximum Gasteiger partial charge on any atom is 0.258 e. The molecule has 0 aliphatic heterocycles. The van der Waals surface area contributed by atoms with Crippen LogP contribution in [0.3, 0.4) is 0 Å². The molecule has 0 unspecified atom stereocenters. The van der Waals surface area contributed by atoms with E-state index in [-0.39, 0.29) is 18.0 Å².